The molecule has 0 bridgehead atoms. The number of non-ortho nitro benzene ring substituents is 1. The topological polar surface area (TPSA) is 293 Å². The molecular formula is C59H67N8O16S+. The monoisotopic (exact) mass is 1180 g/mol. The van der Waals surface area contributed by atoms with Crippen LogP contribution in [-0.4, -0.2) is 125 Å². The molecule has 1 aliphatic carbocycles. The number of allylic oxidation sites excluding steroid dienone is 5. The molecule has 2 unspecified atom stereocenters. The molecule has 0 aromatic heterocycles. The molecular weight excluding hydrogens is 1110 g/mol. The standard InChI is InChI=1S/C59H66N8O16S/c1-35(80-57(72)81-37-24-22-36(23-25-37)66(73)74)38-30-48(78-8)49(33-47(38)67(75)76)79-29-27-60-52(68)21-13-14-26-61-55(70)43(34-84-83-82-77)62-56(71)46-20-15-28-65(46)53-39(31-50-58(2,3)41-16-9-11-18-44(41)63(50)6)54(69)40(53)32-51-59(4,5)42-17-10-12-19-45(42)64(51)7/h9-12,16-19,22-25,30-33,35,43,46H,13-15,20-21,26-29,34H2,1-8H3,(H3-,60,61,62,68,70,71,77)/p+1/t35?,43?,46-/m1/s1. The highest BCUT2D eigenvalue weighted by Gasteiger charge is 2.49. The largest absolute Gasteiger partial charge is 0.514 e. The van der Waals surface area contributed by atoms with Gasteiger partial charge in [0.2, 0.25) is 23.4 Å². The maximum atomic E-state index is 14.7. The number of nitro groups is 2. The fourth-order valence-corrected chi connectivity index (χ4v) is 11.6. The number of hydrogen-bond donors (Lipinski definition) is 4. The van der Waals surface area contributed by atoms with E-state index in [0.29, 0.717) is 61.1 Å². The molecule has 444 valence electrons. The predicted octanol–water partition coefficient (Wildman–Crippen LogP) is 8.37. The van der Waals surface area contributed by atoms with E-state index in [1.807, 2.05) is 55.4 Å². The van der Waals surface area contributed by atoms with Crippen molar-refractivity contribution in [3.8, 4) is 17.2 Å². The van der Waals surface area contributed by atoms with E-state index in [1.54, 1.807) is 0 Å². The molecule has 3 aliphatic heterocycles. The van der Waals surface area contributed by atoms with Gasteiger partial charge in [-0.05, 0) is 82.4 Å². The molecule has 3 heterocycles. The third-order valence-electron chi connectivity index (χ3n) is 15.5. The van der Waals surface area contributed by atoms with Crippen LogP contribution in [0.4, 0.5) is 27.5 Å². The van der Waals surface area contributed by atoms with E-state index in [0.717, 1.165) is 52.1 Å². The Kier molecular flexibility index (Phi) is 19.2. The number of ketones is 1. The lowest BCUT2D eigenvalue weighted by Crippen LogP contribution is -2.54. The third kappa shape index (κ3) is 13.1. The van der Waals surface area contributed by atoms with Crippen molar-refractivity contribution in [1.29, 1.82) is 0 Å². The van der Waals surface area contributed by atoms with Crippen molar-refractivity contribution < 1.29 is 72.0 Å². The van der Waals surface area contributed by atoms with Gasteiger partial charge in [-0.2, -0.15) is 4.58 Å². The second kappa shape index (κ2) is 26.3. The summed E-state index contributed by atoms with van der Waals surface area (Å²) in [5.74, 6) is -1.62. The number of amides is 3. The molecule has 3 amide bonds. The van der Waals surface area contributed by atoms with Gasteiger partial charge in [0.05, 0.1) is 57.6 Å². The number of anilines is 1. The molecule has 24 nitrogen and oxygen atoms in total. The first-order valence-corrected chi connectivity index (χ1v) is 28.1. The Morgan fingerprint density at radius 2 is 1.62 bits per heavy atom. The second-order valence-corrected chi connectivity index (χ2v) is 22.1. The van der Waals surface area contributed by atoms with Crippen molar-refractivity contribution in [3.63, 3.8) is 0 Å². The van der Waals surface area contributed by atoms with E-state index in [2.05, 4.69) is 86.8 Å². The lowest BCUT2D eigenvalue weighted by Gasteiger charge is -2.37. The summed E-state index contributed by atoms with van der Waals surface area (Å²) in [5.41, 5.74) is 6.22. The highest BCUT2D eigenvalue weighted by atomic mass is 32.2. The van der Waals surface area contributed by atoms with Crippen molar-refractivity contribution in [2.75, 3.05) is 58.1 Å². The summed E-state index contributed by atoms with van der Waals surface area (Å²) in [6.45, 7) is 10.4. The number of para-hydroxylation sites is 2. The van der Waals surface area contributed by atoms with Crippen molar-refractivity contribution in [2.24, 2.45) is 0 Å². The summed E-state index contributed by atoms with van der Waals surface area (Å²) in [6, 6.07) is 21.4. The van der Waals surface area contributed by atoms with E-state index in [-0.39, 0.29) is 72.1 Å². The molecule has 4 aromatic rings. The van der Waals surface area contributed by atoms with Gasteiger partial charge < -0.3 is 44.7 Å². The smallest absolute Gasteiger partial charge is 0.493 e. The highest BCUT2D eigenvalue weighted by Crippen LogP contribution is 2.50. The number of nitro benzene ring substituents is 2. The first kappa shape index (κ1) is 61.4. The molecule has 4 aliphatic rings. The van der Waals surface area contributed by atoms with Gasteiger partial charge in [-0.1, -0.05) is 55.3 Å². The third-order valence-corrected chi connectivity index (χ3v) is 16.1. The van der Waals surface area contributed by atoms with Crippen LogP contribution in [0.2, 0.25) is 0 Å². The number of carbonyl (C=O) groups excluding carboxylic acids is 5. The Balaban J connectivity index is 0.864. The SMILES string of the molecule is COc1cc(C(C)OC(=O)Oc2ccc([N+](=O)[O-])cc2)c([N+](=O)[O-])cc1OCCNC(=O)CCCCNC(=O)C(CSOOO)NC(=O)[C@H]1CCCN1C1=C(/C=C2/N(C)c3ccccc3C2(C)C)C(=O)/C1=C\C1=[N+](C)c2ccccc2C1(C)C. The first-order valence-electron chi connectivity index (χ1n) is 27.2. The van der Waals surface area contributed by atoms with Gasteiger partial charge in [0, 0.05) is 90.8 Å². The van der Waals surface area contributed by atoms with Gasteiger partial charge in [0.15, 0.2) is 23.0 Å². The van der Waals surface area contributed by atoms with Gasteiger partial charge in [0.1, 0.15) is 37.6 Å². The molecule has 84 heavy (non-hydrogen) atoms. The van der Waals surface area contributed by atoms with Crippen molar-refractivity contribution >= 4 is 70.2 Å². The van der Waals surface area contributed by atoms with Crippen LogP contribution in [0.3, 0.4) is 0 Å². The number of hydrogen-bond acceptors (Lipinski definition) is 19. The summed E-state index contributed by atoms with van der Waals surface area (Å²) in [7, 11) is 5.29. The number of rotatable bonds is 25. The van der Waals surface area contributed by atoms with Gasteiger partial charge in [-0.3, -0.25) is 39.4 Å². The minimum Gasteiger partial charge on any atom is -0.493 e. The molecule has 3 atom stereocenters. The molecule has 1 saturated heterocycles. The number of unbranched alkanes of at least 4 members (excludes halogenated alkanes) is 1. The normalized spacial score (nSPS) is 18.2. The lowest BCUT2D eigenvalue weighted by atomic mass is 9.76. The van der Waals surface area contributed by atoms with Gasteiger partial charge in [-0.25, -0.2) is 10.1 Å². The summed E-state index contributed by atoms with van der Waals surface area (Å²) >= 11 is 0.608. The Bertz CT molecular complexity index is 3380. The highest BCUT2D eigenvalue weighted by molar-refractivity contribution is 7.94. The Hall–Kier alpha value is -8.65. The van der Waals surface area contributed by atoms with Crippen molar-refractivity contribution in [2.45, 2.75) is 95.7 Å². The summed E-state index contributed by atoms with van der Waals surface area (Å²) in [4.78, 5) is 94.1. The Morgan fingerprint density at radius 1 is 0.905 bits per heavy atom. The summed E-state index contributed by atoms with van der Waals surface area (Å²) in [6.07, 6.45) is 3.37. The lowest BCUT2D eigenvalue weighted by molar-refractivity contribution is -0.432. The number of fused-ring (bicyclic) bond motifs is 2. The van der Waals surface area contributed by atoms with Crippen LogP contribution in [0.25, 0.3) is 0 Å². The number of ether oxygens (including phenoxy) is 4. The van der Waals surface area contributed by atoms with Crippen LogP contribution in [-0.2, 0) is 44.1 Å². The molecule has 8 rings (SSSR count). The van der Waals surface area contributed by atoms with Gasteiger partial charge in [-0.15, -0.1) is 4.33 Å². The molecule has 4 N–H and O–H groups in total. The number of carbonyl (C=O) groups is 5. The molecule has 4 aromatic carbocycles. The maximum Gasteiger partial charge on any atom is 0.514 e. The number of nitrogens with one attached hydrogen (secondary N) is 3. The zero-order chi connectivity index (χ0) is 60.6. The number of benzene rings is 4. The molecule has 0 saturated carbocycles. The van der Waals surface area contributed by atoms with E-state index < -0.39 is 62.5 Å². The van der Waals surface area contributed by atoms with Crippen LogP contribution in [0, 0.1) is 20.2 Å². The summed E-state index contributed by atoms with van der Waals surface area (Å²) in [5, 5.41) is 44.2. The average Bonchev–Trinajstić information content (AvgIpc) is 1.89. The number of nitrogens with zero attached hydrogens (tertiary/aromatic N) is 5. The summed E-state index contributed by atoms with van der Waals surface area (Å²) < 4.78 is 28.2. The van der Waals surface area contributed by atoms with Crippen molar-refractivity contribution in [1.82, 2.24) is 20.9 Å². The van der Waals surface area contributed by atoms with Crippen molar-refractivity contribution in [3.05, 3.63) is 157 Å². The number of methoxy groups -OCH3 is 1. The fraction of sp³-hybridized carbons (Fsp3) is 0.390. The molecule has 1 fully saturated rings. The van der Waals surface area contributed by atoms with Crippen LogP contribution in [0.15, 0.2) is 120 Å². The minimum absolute atomic E-state index is 0.0116. The van der Waals surface area contributed by atoms with E-state index in [1.165, 1.54) is 32.2 Å². The molecule has 0 spiro atoms. The number of Topliss-reactive ketones (excluding diaryl/α,β-unsaturated/α-hetero) is 1. The van der Waals surface area contributed by atoms with E-state index in [4.69, 9.17) is 24.2 Å². The quantitative estimate of drug-likeness (QED) is 0.00557. The maximum absolute atomic E-state index is 14.7. The average molecular weight is 1180 g/mol. The Labute approximate surface area is 488 Å². The molecule has 25 heteroatoms. The molecule has 0 radical (unpaired) electrons. The number of likely N-dealkylation sites (tertiary alicyclic amines) is 1. The first-order chi connectivity index (χ1) is 40.1. The van der Waals surface area contributed by atoms with Gasteiger partial charge in [0.25, 0.3) is 11.4 Å². The van der Waals surface area contributed by atoms with Crippen LogP contribution in [0.5, 0.6) is 17.2 Å². The second-order valence-electron chi connectivity index (χ2n) is 21.4. The van der Waals surface area contributed by atoms with Crippen LogP contribution < -0.4 is 35.1 Å². The van der Waals surface area contributed by atoms with Crippen LogP contribution in [0.1, 0.15) is 89.5 Å². The zero-order valence-electron chi connectivity index (χ0n) is 47.8. The zero-order valence-corrected chi connectivity index (χ0v) is 48.6. The fourth-order valence-electron chi connectivity index (χ4n) is 11.2. The number of likely N-dealkylation sites (N-methyl/N-ethyl adjacent to an activating group) is 1. The predicted molar refractivity (Wildman–Crippen MR) is 309 cm³/mol. The minimum atomic E-state index is -1.22. The van der Waals surface area contributed by atoms with Gasteiger partial charge >= 0.3 is 6.16 Å². The van der Waals surface area contributed by atoms with E-state index in [9.17, 15) is 44.2 Å². The Morgan fingerprint density at radius 3 is 2.30 bits per heavy atom. The van der Waals surface area contributed by atoms with E-state index >= 15 is 0 Å². The van der Waals surface area contributed by atoms with Crippen LogP contribution >= 0.6 is 12.0 Å².